The second-order valence-corrected chi connectivity index (χ2v) is 5.51. The van der Waals surface area contributed by atoms with Crippen LogP contribution in [0.25, 0.3) is 0 Å². The van der Waals surface area contributed by atoms with E-state index in [1.54, 1.807) is 0 Å². The van der Waals surface area contributed by atoms with Crippen molar-refractivity contribution in [2.45, 2.75) is 19.8 Å². The van der Waals surface area contributed by atoms with Crippen molar-refractivity contribution < 1.29 is 0 Å². The summed E-state index contributed by atoms with van der Waals surface area (Å²) in [6.45, 7) is 2.24. The second kappa shape index (κ2) is 7.09. The molecular formula is C22H21. The fraction of sp³-hybridized carbons (Fsp3) is 0.136. The lowest BCUT2D eigenvalue weighted by atomic mass is 9.82. The standard InChI is InChI=1S/C22H21/c1-2-11-18-12-9-10-17-21(18)22(19-13-5-3-6-14-19)20-15-7-4-8-16-20/h3-10,12-17H,2,11H2,1H3. The maximum Gasteiger partial charge on any atom is 0.0632 e. The Kier molecular flexibility index (Phi) is 4.70. The molecule has 0 unspecified atom stereocenters. The molecule has 0 nitrogen and oxygen atoms in total. The van der Waals surface area contributed by atoms with E-state index in [9.17, 15) is 0 Å². The molecule has 0 heterocycles. The number of hydrogen-bond donors (Lipinski definition) is 0. The maximum atomic E-state index is 2.25. The van der Waals surface area contributed by atoms with Crippen LogP contribution >= 0.6 is 0 Å². The molecule has 0 bridgehead atoms. The van der Waals surface area contributed by atoms with Gasteiger partial charge in [0, 0.05) is 0 Å². The lowest BCUT2D eigenvalue weighted by Gasteiger charge is -2.21. The highest BCUT2D eigenvalue weighted by Crippen LogP contribution is 2.33. The molecule has 3 aromatic rings. The SMILES string of the molecule is CCCc1ccccc1[C](c1ccccc1)c1ccccc1. The van der Waals surface area contributed by atoms with Gasteiger partial charge in [-0.15, -0.1) is 0 Å². The Morgan fingerprint density at radius 1 is 0.636 bits per heavy atom. The molecular weight excluding hydrogens is 264 g/mol. The highest BCUT2D eigenvalue weighted by molar-refractivity contribution is 5.59. The fourth-order valence-corrected chi connectivity index (χ4v) is 2.94. The smallest absolute Gasteiger partial charge is 0.0632 e. The molecule has 0 saturated heterocycles. The van der Waals surface area contributed by atoms with E-state index in [1.165, 1.54) is 28.2 Å². The summed E-state index contributed by atoms with van der Waals surface area (Å²) in [6.07, 6.45) is 2.27. The second-order valence-electron chi connectivity index (χ2n) is 5.51. The van der Waals surface area contributed by atoms with Gasteiger partial charge in [0.15, 0.2) is 0 Å². The van der Waals surface area contributed by atoms with Crippen LogP contribution in [0.1, 0.15) is 35.6 Å². The Labute approximate surface area is 133 Å². The van der Waals surface area contributed by atoms with E-state index in [0.717, 1.165) is 12.8 Å². The molecule has 0 aliphatic carbocycles. The van der Waals surface area contributed by atoms with Gasteiger partial charge >= 0.3 is 0 Å². The molecule has 3 aromatic carbocycles. The molecule has 0 aliphatic rings. The Morgan fingerprint density at radius 2 is 1.14 bits per heavy atom. The van der Waals surface area contributed by atoms with Crippen LogP contribution in [0.15, 0.2) is 84.9 Å². The van der Waals surface area contributed by atoms with Gasteiger partial charge < -0.3 is 0 Å². The number of hydrogen-bond acceptors (Lipinski definition) is 0. The molecule has 0 fully saturated rings. The van der Waals surface area contributed by atoms with Crippen LogP contribution in [-0.4, -0.2) is 0 Å². The van der Waals surface area contributed by atoms with Crippen molar-refractivity contribution in [3.05, 3.63) is 113 Å². The molecule has 0 heteroatoms. The molecule has 0 N–H and O–H groups in total. The summed E-state index contributed by atoms with van der Waals surface area (Å²) in [4.78, 5) is 0. The largest absolute Gasteiger partial charge is 0.0651 e. The van der Waals surface area contributed by atoms with Gasteiger partial charge in [-0.25, -0.2) is 0 Å². The highest BCUT2D eigenvalue weighted by Gasteiger charge is 2.19. The maximum absolute atomic E-state index is 2.25. The molecule has 0 spiro atoms. The Hall–Kier alpha value is -2.34. The van der Waals surface area contributed by atoms with E-state index < -0.39 is 0 Å². The number of rotatable bonds is 5. The third-order valence-corrected chi connectivity index (χ3v) is 3.93. The van der Waals surface area contributed by atoms with Crippen LogP contribution in [0, 0.1) is 5.92 Å². The quantitative estimate of drug-likeness (QED) is 0.531. The van der Waals surface area contributed by atoms with Gasteiger partial charge in [-0.3, -0.25) is 0 Å². The summed E-state index contributed by atoms with van der Waals surface area (Å²) in [6, 6.07) is 30.2. The first-order chi connectivity index (χ1) is 10.9. The van der Waals surface area contributed by atoms with Gasteiger partial charge in [0.1, 0.15) is 0 Å². The minimum absolute atomic E-state index is 1.11. The summed E-state index contributed by atoms with van der Waals surface area (Å²) >= 11 is 0. The molecule has 109 valence electrons. The first-order valence-electron chi connectivity index (χ1n) is 7.96. The van der Waals surface area contributed by atoms with Gasteiger partial charge in [-0.2, -0.15) is 0 Å². The van der Waals surface area contributed by atoms with Gasteiger partial charge in [-0.1, -0.05) is 98.3 Å². The van der Waals surface area contributed by atoms with E-state index in [0.29, 0.717) is 0 Å². The molecule has 0 aromatic heterocycles. The number of aryl methyl sites for hydroxylation is 1. The third-order valence-electron chi connectivity index (χ3n) is 3.93. The van der Waals surface area contributed by atoms with Crippen molar-refractivity contribution >= 4 is 0 Å². The molecule has 22 heavy (non-hydrogen) atoms. The van der Waals surface area contributed by atoms with Crippen LogP contribution in [0.5, 0.6) is 0 Å². The monoisotopic (exact) mass is 285 g/mol. The minimum Gasteiger partial charge on any atom is -0.0651 e. The van der Waals surface area contributed by atoms with Crippen LogP contribution in [0.3, 0.4) is 0 Å². The average molecular weight is 285 g/mol. The normalized spacial score (nSPS) is 10.8. The van der Waals surface area contributed by atoms with Crippen LogP contribution in [0.4, 0.5) is 0 Å². The molecule has 1 radical (unpaired) electrons. The van der Waals surface area contributed by atoms with Crippen molar-refractivity contribution in [1.82, 2.24) is 0 Å². The molecule has 0 saturated carbocycles. The van der Waals surface area contributed by atoms with Crippen LogP contribution < -0.4 is 0 Å². The van der Waals surface area contributed by atoms with Crippen molar-refractivity contribution in [2.24, 2.45) is 0 Å². The molecule has 0 atom stereocenters. The van der Waals surface area contributed by atoms with Gasteiger partial charge in [-0.05, 0) is 28.7 Å². The Balaban J connectivity index is 2.15. The van der Waals surface area contributed by atoms with Crippen molar-refractivity contribution in [1.29, 1.82) is 0 Å². The highest BCUT2D eigenvalue weighted by atomic mass is 14.2. The minimum atomic E-state index is 1.11. The fourth-order valence-electron chi connectivity index (χ4n) is 2.94. The molecule has 3 rings (SSSR count). The average Bonchev–Trinajstić information content (AvgIpc) is 2.59. The van der Waals surface area contributed by atoms with E-state index in [2.05, 4.69) is 91.9 Å². The first-order valence-corrected chi connectivity index (χ1v) is 7.96. The molecule has 0 aliphatic heterocycles. The Bertz CT molecular complexity index is 659. The Morgan fingerprint density at radius 3 is 1.68 bits per heavy atom. The van der Waals surface area contributed by atoms with Gasteiger partial charge in [0.05, 0.1) is 5.92 Å². The predicted molar refractivity (Wildman–Crippen MR) is 93.9 cm³/mol. The molecule has 0 amide bonds. The van der Waals surface area contributed by atoms with Crippen LogP contribution in [0.2, 0.25) is 0 Å². The topological polar surface area (TPSA) is 0 Å². The van der Waals surface area contributed by atoms with Gasteiger partial charge in [0.2, 0.25) is 0 Å². The third kappa shape index (κ3) is 3.12. The van der Waals surface area contributed by atoms with E-state index in [-0.39, 0.29) is 0 Å². The van der Waals surface area contributed by atoms with Crippen molar-refractivity contribution in [3.8, 4) is 0 Å². The summed E-state index contributed by atoms with van der Waals surface area (Å²) in [5.41, 5.74) is 5.32. The van der Waals surface area contributed by atoms with E-state index >= 15 is 0 Å². The summed E-state index contributed by atoms with van der Waals surface area (Å²) in [5, 5.41) is 0. The lowest BCUT2D eigenvalue weighted by molar-refractivity contribution is 0.910. The number of benzene rings is 3. The lowest BCUT2D eigenvalue weighted by Crippen LogP contribution is -2.07. The van der Waals surface area contributed by atoms with E-state index in [4.69, 9.17) is 0 Å². The zero-order chi connectivity index (χ0) is 15.2. The summed E-state index contributed by atoms with van der Waals surface area (Å²) in [7, 11) is 0. The van der Waals surface area contributed by atoms with Crippen LogP contribution in [-0.2, 0) is 6.42 Å². The zero-order valence-corrected chi connectivity index (χ0v) is 13.0. The predicted octanol–water partition coefficient (Wildman–Crippen LogP) is 5.66. The van der Waals surface area contributed by atoms with Gasteiger partial charge in [0.25, 0.3) is 0 Å². The van der Waals surface area contributed by atoms with Crippen molar-refractivity contribution in [3.63, 3.8) is 0 Å². The van der Waals surface area contributed by atoms with Crippen molar-refractivity contribution in [2.75, 3.05) is 0 Å². The summed E-state index contributed by atoms with van der Waals surface area (Å²) in [5.74, 6) is 1.32. The summed E-state index contributed by atoms with van der Waals surface area (Å²) < 4.78 is 0. The van der Waals surface area contributed by atoms with E-state index in [1.807, 2.05) is 0 Å². The first kappa shape index (κ1) is 14.6. The zero-order valence-electron chi connectivity index (χ0n) is 13.0.